The Labute approximate surface area is 94.4 Å². The summed E-state index contributed by atoms with van der Waals surface area (Å²) in [6.45, 7) is 0.837. The fraction of sp³-hybridized carbons (Fsp3) is 0.273. The zero-order valence-electron chi connectivity index (χ0n) is 9.08. The Morgan fingerprint density at radius 2 is 2.38 bits per heavy atom. The van der Waals surface area contributed by atoms with Crippen LogP contribution in [0.1, 0.15) is 22.3 Å². The highest BCUT2D eigenvalue weighted by atomic mass is 16.2. The van der Waals surface area contributed by atoms with Crippen LogP contribution in [0.2, 0.25) is 0 Å². The topological polar surface area (TPSA) is 80.0 Å². The summed E-state index contributed by atoms with van der Waals surface area (Å²) < 4.78 is 0. The second-order valence-electron chi connectivity index (χ2n) is 3.09. The number of nitrogens with zero attached hydrogens (tertiary/aromatic N) is 1. The quantitative estimate of drug-likeness (QED) is 0.213. The third-order valence-electron chi connectivity index (χ3n) is 1.86. The highest BCUT2D eigenvalue weighted by Crippen LogP contribution is 2.00. The number of nitrogens with one attached hydrogen (secondary N) is 2. The van der Waals surface area contributed by atoms with Gasteiger partial charge in [-0.3, -0.25) is 15.2 Å². The summed E-state index contributed by atoms with van der Waals surface area (Å²) in [5.41, 5.74) is 3.16. The number of nitrogen functional groups attached to an aromatic ring is 1. The third kappa shape index (κ3) is 3.69. The number of hydrogen-bond donors (Lipinski definition) is 3. The number of pyridine rings is 1. The SMILES string of the molecule is CNCCC#Cc1cncc(C(=O)NN)c1. The first-order valence-electron chi connectivity index (χ1n) is 4.87. The minimum absolute atomic E-state index is 0.369. The molecule has 1 amide bonds. The van der Waals surface area contributed by atoms with Gasteiger partial charge < -0.3 is 5.32 Å². The number of carbonyl (C=O) groups excluding carboxylic acids is 1. The summed E-state index contributed by atoms with van der Waals surface area (Å²) in [7, 11) is 1.87. The summed E-state index contributed by atoms with van der Waals surface area (Å²) in [5, 5.41) is 2.99. The average Bonchev–Trinajstić information content (AvgIpc) is 2.34. The Kier molecular flexibility index (Phi) is 4.99. The van der Waals surface area contributed by atoms with Gasteiger partial charge in [-0.15, -0.1) is 0 Å². The van der Waals surface area contributed by atoms with Gasteiger partial charge in [-0.2, -0.15) is 0 Å². The van der Waals surface area contributed by atoms with Gasteiger partial charge in [-0.25, -0.2) is 5.84 Å². The zero-order valence-corrected chi connectivity index (χ0v) is 9.08. The second kappa shape index (κ2) is 6.56. The van der Waals surface area contributed by atoms with E-state index in [0.717, 1.165) is 13.0 Å². The highest BCUT2D eigenvalue weighted by molar-refractivity contribution is 5.93. The summed E-state index contributed by atoms with van der Waals surface area (Å²) in [4.78, 5) is 15.1. The molecule has 1 aromatic heterocycles. The Morgan fingerprint density at radius 3 is 3.06 bits per heavy atom. The maximum atomic E-state index is 11.2. The molecule has 0 saturated carbocycles. The second-order valence-corrected chi connectivity index (χ2v) is 3.09. The van der Waals surface area contributed by atoms with Crippen molar-refractivity contribution in [2.75, 3.05) is 13.6 Å². The first-order chi connectivity index (χ1) is 7.77. The van der Waals surface area contributed by atoms with E-state index in [1.165, 1.54) is 6.20 Å². The molecular weight excluding hydrogens is 204 g/mol. The van der Waals surface area contributed by atoms with Crippen molar-refractivity contribution in [3.63, 3.8) is 0 Å². The van der Waals surface area contributed by atoms with Crippen molar-refractivity contribution in [3.8, 4) is 11.8 Å². The van der Waals surface area contributed by atoms with Crippen molar-refractivity contribution >= 4 is 5.91 Å². The predicted molar refractivity (Wildman–Crippen MR) is 61.3 cm³/mol. The van der Waals surface area contributed by atoms with Crippen LogP contribution < -0.4 is 16.6 Å². The van der Waals surface area contributed by atoms with Crippen LogP contribution in [0.15, 0.2) is 18.5 Å². The summed E-state index contributed by atoms with van der Waals surface area (Å²) in [5.74, 6) is 10.5. The lowest BCUT2D eigenvalue weighted by Crippen LogP contribution is -2.30. The largest absolute Gasteiger partial charge is 0.319 e. The van der Waals surface area contributed by atoms with Gasteiger partial charge >= 0.3 is 0 Å². The van der Waals surface area contributed by atoms with Gasteiger partial charge in [-0.05, 0) is 13.1 Å². The first-order valence-corrected chi connectivity index (χ1v) is 4.87. The monoisotopic (exact) mass is 218 g/mol. The van der Waals surface area contributed by atoms with E-state index in [2.05, 4.69) is 22.1 Å². The van der Waals surface area contributed by atoms with Crippen molar-refractivity contribution in [2.24, 2.45) is 5.84 Å². The number of amides is 1. The lowest BCUT2D eigenvalue weighted by molar-refractivity contribution is 0.0953. The Morgan fingerprint density at radius 1 is 1.56 bits per heavy atom. The molecular formula is C11H14N4O. The van der Waals surface area contributed by atoms with E-state index >= 15 is 0 Å². The van der Waals surface area contributed by atoms with Crippen molar-refractivity contribution in [3.05, 3.63) is 29.6 Å². The zero-order chi connectivity index (χ0) is 11.8. The van der Waals surface area contributed by atoms with E-state index < -0.39 is 0 Å². The van der Waals surface area contributed by atoms with E-state index in [4.69, 9.17) is 5.84 Å². The Hall–Kier alpha value is -1.90. The number of aromatic nitrogens is 1. The van der Waals surface area contributed by atoms with Gasteiger partial charge in [0.15, 0.2) is 0 Å². The van der Waals surface area contributed by atoms with Gasteiger partial charge in [-0.1, -0.05) is 11.8 Å². The molecule has 5 heteroatoms. The maximum Gasteiger partial charge on any atom is 0.266 e. The average molecular weight is 218 g/mol. The Balaban J connectivity index is 2.73. The van der Waals surface area contributed by atoms with Gasteiger partial charge in [0.2, 0.25) is 0 Å². The number of carbonyl (C=O) groups is 1. The maximum absolute atomic E-state index is 11.2. The highest BCUT2D eigenvalue weighted by Gasteiger charge is 2.03. The van der Waals surface area contributed by atoms with E-state index in [0.29, 0.717) is 11.1 Å². The molecule has 0 aliphatic rings. The molecule has 5 nitrogen and oxygen atoms in total. The molecule has 0 radical (unpaired) electrons. The molecule has 0 saturated heterocycles. The van der Waals surface area contributed by atoms with Crippen molar-refractivity contribution in [2.45, 2.75) is 6.42 Å². The summed E-state index contributed by atoms with van der Waals surface area (Å²) in [6, 6.07) is 1.65. The molecule has 0 atom stereocenters. The molecule has 16 heavy (non-hydrogen) atoms. The van der Waals surface area contributed by atoms with E-state index in [1.54, 1.807) is 12.3 Å². The minimum atomic E-state index is -0.369. The van der Waals surface area contributed by atoms with Gasteiger partial charge in [0, 0.05) is 30.9 Å². The summed E-state index contributed by atoms with van der Waals surface area (Å²) >= 11 is 0. The van der Waals surface area contributed by atoms with Gasteiger partial charge in [0.05, 0.1) is 5.56 Å². The smallest absolute Gasteiger partial charge is 0.266 e. The van der Waals surface area contributed by atoms with Crippen LogP contribution in [0.25, 0.3) is 0 Å². The molecule has 1 heterocycles. The van der Waals surface area contributed by atoms with E-state index in [9.17, 15) is 4.79 Å². The van der Waals surface area contributed by atoms with Crippen LogP contribution in [0.5, 0.6) is 0 Å². The van der Waals surface area contributed by atoms with E-state index in [-0.39, 0.29) is 5.91 Å². The van der Waals surface area contributed by atoms with Crippen molar-refractivity contribution in [1.29, 1.82) is 0 Å². The minimum Gasteiger partial charge on any atom is -0.319 e. The van der Waals surface area contributed by atoms with Crippen LogP contribution >= 0.6 is 0 Å². The molecule has 4 N–H and O–H groups in total. The molecule has 1 aromatic rings. The summed E-state index contributed by atoms with van der Waals surface area (Å²) in [6.07, 6.45) is 3.81. The van der Waals surface area contributed by atoms with Crippen LogP contribution in [0.3, 0.4) is 0 Å². The fourth-order valence-electron chi connectivity index (χ4n) is 1.07. The van der Waals surface area contributed by atoms with Crippen molar-refractivity contribution < 1.29 is 4.79 Å². The lowest BCUT2D eigenvalue weighted by atomic mass is 10.2. The standard InChI is InChI=1S/C11H14N4O/c1-13-5-3-2-4-9-6-10(8-14-7-9)11(16)15-12/h6-8,13H,3,5,12H2,1H3,(H,15,16). The number of hydrazine groups is 1. The Bertz CT molecular complexity index is 419. The molecule has 0 unspecified atom stereocenters. The fourth-order valence-corrected chi connectivity index (χ4v) is 1.07. The molecule has 0 aromatic carbocycles. The first kappa shape index (κ1) is 12.2. The van der Waals surface area contributed by atoms with Crippen LogP contribution in [0, 0.1) is 11.8 Å². The lowest BCUT2D eigenvalue weighted by Gasteiger charge is -1.98. The number of rotatable bonds is 3. The molecule has 0 fully saturated rings. The number of hydrogen-bond acceptors (Lipinski definition) is 4. The predicted octanol–water partition coefficient (Wildman–Crippen LogP) is -0.354. The third-order valence-corrected chi connectivity index (χ3v) is 1.86. The van der Waals surface area contributed by atoms with Gasteiger partial charge in [0.1, 0.15) is 0 Å². The van der Waals surface area contributed by atoms with Gasteiger partial charge in [0.25, 0.3) is 5.91 Å². The molecule has 84 valence electrons. The molecule has 0 bridgehead atoms. The van der Waals surface area contributed by atoms with Crippen molar-refractivity contribution in [1.82, 2.24) is 15.7 Å². The molecule has 0 spiro atoms. The van der Waals surface area contributed by atoms with Crippen LogP contribution in [0.4, 0.5) is 0 Å². The molecule has 0 aliphatic carbocycles. The van der Waals surface area contributed by atoms with E-state index in [1.807, 2.05) is 12.5 Å². The number of nitrogens with two attached hydrogens (primary N) is 1. The normalized spacial score (nSPS) is 9.12. The molecule has 0 aliphatic heterocycles. The molecule has 1 rings (SSSR count). The van der Waals surface area contributed by atoms with Crippen LogP contribution in [-0.2, 0) is 0 Å². The van der Waals surface area contributed by atoms with Crippen LogP contribution in [-0.4, -0.2) is 24.5 Å².